The fraction of sp³-hybridized carbons (Fsp3) is 0.733. The van der Waals surface area contributed by atoms with Gasteiger partial charge in [-0.3, -0.25) is 4.90 Å². The average Bonchev–Trinajstić information content (AvgIpc) is 3.06. The van der Waals surface area contributed by atoms with Gasteiger partial charge in [0.15, 0.2) is 0 Å². The lowest BCUT2D eigenvalue weighted by atomic mass is 9.94. The number of hydrogen-bond donors (Lipinski definition) is 1. The minimum absolute atomic E-state index is 0.0302. The van der Waals surface area contributed by atoms with E-state index < -0.39 is 0 Å². The number of aliphatic hydroxyl groups excluding tert-OH is 1. The van der Waals surface area contributed by atoms with Crippen molar-refractivity contribution in [1.29, 1.82) is 0 Å². The van der Waals surface area contributed by atoms with Crippen molar-refractivity contribution in [3.8, 4) is 0 Å². The standard InChI is InChI=1S/C15H23NOS/c17-15-7-1-5-13(15)14-6-2-9-16(14)10-8-12-4-3-11-18-12/h3-4,11,13-15,17H,1-2,5-10H2. The van der Waals surface area contributed by atoms with Crippen LogP contribution < -0.4 is 0 Å². The normalized spacial score (nSPS) is 33.3. The third-order valence-corrected chi connectivity index (χ3v) is 5.60. The van der Waals surface area contributed by atoms with Gasteiger partial charge in [-0.1, -0.05) is 12.5 Å². The summed E-state index contributed by atoms with van der Waals surface area (Å²) in [6.07, 6.45) is 7.25. The molecule has 2 fully saturated rings. The summed E-state index contributed by atoms with van der Waals surface area (Å²) in [7, 11) is 0. The molecule has 1 aromatic heterocycles. The van der Waals surface area contributed by atoms with E-state index in [9.17, 15) is 5.11 Å². The Hall–Kier alpha value is -0.380. The first-order valence-electron chi connectivity index (χ1n) is 7.29. The lowest BCUT2D eigenvalue weighted by molar-refractivity contribution is 0.0752. The van der Waals surface area contributed by atoms with Crippen molar-refractivity contribution in [3.05, 3.63) is 22.4 Å². The molecule has 0 bridgehead atoms. The topological polar surface area (TPSA) is 23.5 Å². The highest BCUT2D eigenvalue weighted by molar-refractivity contribution is 7.09. The summed E-state index contributed by atoms with van der Waals surface area (Å²) in [6.45, 7) is 2.41. The first kappa shape index (κ1) is 12.6. The predicted octanol–water partition coefficient (Wildman–Crippen LogP) is 2.92. The van der Waals surface area contributed by atoms with Gasteiger partial charge in [0.1, 0.15) is 0 Å². The van der Waals surface area contributed by atoms with E-state index in [1.807, 2.05) is 11.3 Å². The molecule has 1 saturated heterocycles. The number of nitrogens with zero attached hydrogens (tertiary/aromatic N) is 1. The molecule has 0 amide bonds. The second-order valence-corrected chi connectivity index (χ2v) is 6.77. The minimum atomic E-state index is -0.0302. The van der Waals surface area contributed by atoms with E-state index in [-0.39, 0.29) is 6.10 Å². The lowest BCUT2D eigenvalue weighted by Crippen LogP contribution is -2.39. The van der Waals surface area contributed by atoms with Crippen LogP contribution in [0.25, 0.3) is 0 Å². The summed E-state index contributed by atoms with van der Waals surface area (Å²) in [4.78, 5) is 4.13. The highest BCUT2D eigenvalue weighted by Gasteiger charge is 2.37. The van der Waals surface area contributed by atoms with Gasteiger partial charge in [0.25, 0.3) is 0 Å². The van der Waals surface area contributed by atoms with Crippen LogP contribution in [0.4, 0.5) is 0 Å². The molecule has 3 atom stereocenters. The smallest absolute Gasteiger partial charge is 0.0583 e. The Labute approximate surface area is 114 Å². The fourth-order valence-corrected chi connectivity index (χ4v) is 4.44. The van der Waals surface area contributed by atoms with Gasteiger partial charge >= 0.3 is 0 Å². The zero-order chi connectivity index (χ0) is 12.4. The highest BCUT2D eigenvalue weighted by atomic mass is 32.1. The monoisotopic (exact) mass is 265 g/mol. The highest BCUT2D eigenvalue weighted by Crippen LogP contribution is 2.35. The molecule has 0 spiro atoms. The molecule has 1 aliphatic heterocycles. The van der Waals surface area contributed by atoms with Gasteiger partial charge in [0, 0.05) is 23.4 Å². The molecular weight excluding hydrogens is 242 g/mol. The number of likely N-dealkylation sites (tertiary alicyclic amines) is 1. The molecule has 2 aliphatic rings. The van der Waals surface area contributed by atoms with Gasteiger partial charge in [0.2, 0.25) is 0 Å². The SMILES string of the molecule is OC1CCCC1C1CCCN1CCc1cccs1. The fourth-order valence-electron chi connectivity index (χ4n) is 3.74. The summed E-state index contributed by atoms with van der Waals surface area (Å²) in [5.74, 6) is 0.552. The van der Waals surface area contributed by atoms with Gasteiger partial charge in [-0.05, 0) is 50.1 Å². The number of hydrogen-bond acceptors (Lipinski definition) is 3. The Morgan fingerprint density at radius 2 is 2.22 bits per heavy atom. The molecule has 1 aromatic rings. The maximum atomic E-state index is 10.1. The van der Waals surface area contributed by atoms with Gasteiger partial charge in [-0.2, -0.15) is 0 Å². The Bertz CT molecular complexity index is 365. The number of rotatable bonds is 4. The molecule has 1 aliphatic carbocycles. The molecule has 0 aromatic carbocycles. The molecule has 2 heterocycles. The van der Waals surface area contributed by atoms with Crippen molar-refractivity contribution in [3.63, 3.8) is 0 Å². The number of aliphatic hydroxyl groups is 1. The third kappa shape index (κ3) is 2.63. The first-order valence-corrected chi connectivity index (χ1v) is 8.17. The van der Waals surface area contributed by atoms with E-state index in [2.05, 4.69) is 22.4 Å². The van der Waals surface area contributed by atoms with E-state index in [4.69, 9.17) is 0 Å². The molecule has 1 saturated carbocycles. The van der Waals surface area contributed by atoms with Crippen molar-refractivity contribution < 1.29 is 5.11 Å². The van der Waals surface area contributed by atoms with Gasteiger partial charge in [-0.15, -0.1) is 11.3 Å². The Balaban J connectivity index is 1.57. The van der Waals surface area contributed by atoms with Gasteiger partial charge in [0.05, 0.1) is 6.10 Å². The van der Waals surface area contributed by atoms with E-state index in [0.717, 1.165) is 6.42 Å². The molecule has 2 nitrogen and oxygen atoms in total. The zero-order valence-corrected chi connectivity index (χ0v) is 11.7. The van der Waals surface area contributed by atoms with E-state index in [1.165, 1.54) is 50.1 Å². The Kier molecular flexibility index (Phi) is 4.02. The predicted molar refractivity (Wildman–Crippen MR) is 76.0 cm³/mol. The summed E-state index contributed by atoms with van der Waals surface area (Å²) in [6, 6.07) is 5.03. The van der Waals surface area contributed by atoms with Crippen LogP contribution in [0.3, 0.4) is 0 Å². The molecule has 0 radical (unpaired) electrons. The van der Waals surface area contributed by atoms with Crippen LogP contribution in [-0.4, -0.2) is 35.2 Å². The lowest BCUT2D eigenvalue weighted by Gasteiger charge is -2.31. The maximum Gasteiger partial charge on any atom is 0.0583 e. The molecule has 100 valence electrons. The Morgan fingerprint density at radius 1 is 1.28 bits per heavy atom. The van der Waals surface area contributed by atoms with E-state index >= 15 is 0 Å². The summed E-state index contributed by atoms with van der Waals surface area (Å²) >= 11 is 1.86. The van der Waals surface area contributed by atoms with Crippen LogP contribution in [-0.2, 0) is 6.42 Å². The van der Waals surface area contributed by atoms with Crippen LogP contribution in [0.5, 0.6) is 0 Å². The van der Waals surface area contributed by atoms with Crippen LogP contribution in [0, 0.1) is 5.92 Å². The quantitative estimate of drug-likeness (QED) is 0.905. The maximum absolute atomic E-state index is 10.1. The van der Waals surface area contributed by atoms with E-state index in [1.54, 1.807) is 0 Å². The second-order valence-electron chi connectivity index (χ2n) is 5.74. The summed E-state index contributed by atoms with van der Waals surface area (Å²) in [5.41, 5.74) is 0. The Morgan fingerprint density at radius 3 is 2.94 bits per heavy atom. The van der Waals surface area contributed by atoms with Gasteiger partial charge in [-0.25, -0.2) is 0 Å². The molecule has 3 unspecified atom stereocenters. The summed E-state index contributed by atoms with van der Waals surface area (Å²) < 4.78 is 0. The van der Waals surface area contributed by atoms with E-state index in [0.29, 0.717) is 12.0 Å². The largest absolute Gasteiger partial charge is 0.393 e. The molecule has 1 N–H and O–H groups in total. The molecule has 3 rings (SSSR count). The third-order valence-electron chi connectivity index (χ3n) is 4.67. The van der Waals surface area contributed by atoms with Crippen molar-refractivity contribution in [2.24, 2.45) is 5.92 Å². The van der Waals surface area contributed by atoms with Crippen molar-refractivity contribution in [2.45, 2.75) is 50.7 Å². The minimum Gasteiger partial charge on any atom is -0.393 e. The van der Waals surface area contributed by atoms with Gasteiger partial charge < -0.3 is 5.11 Å². The molecule has 3 heteroatoms. The summed E-state index contributed by atoms with van der Waals surface area (Å²) in [5, 5.41) is 12.3. The van der Waals surface area contributed by atoms with Crippen LogP contribution in [0.15, 0.2) is 17.5 Å². The zero-order valence-electron chi connectivity index (χ0n) is 10.9. The molecule has 18 heavy (non-hydrogen) atoms. The van der Waals surface area contributed by atoms with Crippen molar-refractivity contribution in [1.82, 2.24) is 4.90 Å². The van der Waals surface area contributed by atoms with Crippen molar-refractivity contribution in [2.75, 3.05) is 13.1 Å². The second kappa shape index (κ2) is 5.72. The average molecular weight is 265 g/mol. The van der Waals surface area contributed by atoms with Crippen molar-refractivity contribution >= 4 is 11.3 Å². The molecular formula is C15H23NOS. The van der Waals surface area contributed by atoms with Crippen LogP contribution >= 0.6 is 11.3 Å². The van der Waals surface area contributed by atoms with Crippen LogP contribution in [0.1, 0.15) is 37.0 Å². The van der Waals surface area contributed by atoms with Crippen LogP contribution in [0.2, 0.25) is 0 Å². The first-order chi connectivity index (χ1) is 8.84. The number of thiophene rings is 1.